The van der Waals surface area contributed by atoms with Crippen molar-refractivity contribution in [2.24, 2.45) is 5.73 Å². The number of benzene rings is 1. The van der Waals surface area contributed by atoms with Gasteiger partial charge in [0.1, 0.15) is 0 Å². The zero-order valence-corrected chi connectivity index (χ0v) is 10.8. The Labute approximate surface area is 107 Å². The van der Waals surface area contributed by atoms with Crippen LogP contribution in [0.5, 0.6) is 0 Å². The van der Waals surface area contributed by atoms with Gasteiger partial charge in [0.25, 0.3) is 0 Å². The third-order valence-electron chi connectivity index (χ3n) is 1.92. The molecule has 3 nitrogen and oxygen atoms in total. The number of aromatic nitrogens is 2. The molecule has 1 aromatic carbocycles. The zero-order valence-electron chi connectivity index (χ0n) is 8.43. The lowest BCUT2D eigenvalue weighted by Crippen LogP contribution is -2.00. The van der Waals surface area contributed by atoms with Gasteiger partial charge in [-0.05, 0) is 42.1 Å². The Kier molecular flexibility index (Phi) is 3.93. The first kappa shape index (κ1) is 11.6. The maximum atomic E-state index is 5.53. The van der Waals surface area contributed by atoms with Crippen molar-refractivity contribution >= 4 is 27.7 Å². The molecule has 0 aliphatic carbocycles. The lowest BCUT2D eigenvalue weighted by atomic mass is 10.4. The Hall–Kier alpha value is -0.910. The van der Waals surface area contributed by atoms with E-state index in [-0.39, 0.29) is 0 Å². The van der Waals surface area contributed by atoms with Crippen LogP contribution in [0.4, 0.5) is 0 Å². The van der Waals surface area contributed by atoms with Crippen LogP contribution in [0.3, 0.4) is 0 Å². The van der Waals surface area contributed by atoms with E-state index in [1.54, 1.807) is 6.20 Å². The molecule has 5 heteroatoms. The molecule has 0 radical (unpaired) electrons. The zero-order chi connectivity index (χ0) is 11.4. The van der Waals surface area contributed by atoms with Gasteiger partial charge in [0.05, 0.1) is 5.69 Å². The first-order chi connectivity index (χ1) is 7.78. The monoisotopic (exact) mass is 295 g/mol. The molecule has 0 aliphatic rings. The van der Waals surface area contributed by atoms with Crippen LogP contribution in [0.25, 0.3) is 0 Å². The van der Waals surface area contributed by atoms with Gasteiger partial charge < -0.3 is 5.73 Å². The second-order valence-corrected chi connectivity index (χ2v) is 5.05. The maximum absolute atomic E-state index is 5.53. The lowest BCUT2D eigenvalue weighted by molar-refractivity contribution is 0.874. The van der Waals surface area contributed by atoms with Gasteiger partial charge in [-0.15, -0.1) is 0 Å². The van der Waals surface area contributed by atoms with Crippen LogP contribution in [-0.4, -0.2) is 9.97 Å². The highest BCUT2D eigenvalue weighted by molar-refractivity contribution is 9.10. The molecule has 2 aromatic rings. The molecule has 0 saturated heterocycles. The smallest absolute Gasteiger partial charge is 0.192 e. The largest absolute Gasteiger partial charge is 0.325 e. The van der Waals surface area contributed by atoms with Gasteiger partial charge in [0.15, 0.2) is 5.16 Å². The summed E-state index contributed by atoms with van der Waals surface area (Å²) in [6.07, 6.45) is 1.73. The predicted molar refractivity (Wildman–Crippen MR) is 68.2 cm³/mol. The first-order valence-corrected chi connectivity index (χ1v) is 6.34. The maximum Gasteiger partial charge on any atom is 0.192 e. The summed E-state index contributed by atoms with van der Waals surface area (Å²) in [4.78, 5) is 9.62. The molecule has 1 aromatic heterocycles. The summed E-state index contributed by atoms with van der Waals surface area (Å²) >= 11 is 4.92. The van der Waals surface area contributed by atoms with Gasteiger partial charge in [-0.2, -0.15) is 0 Å². The quantitative estimate of drug-likeness (QED) is 0.885. The number of rotatable bonds is 3. The van der Waals surface area contributed by atoms with Crippen LogP contribution in [0, 0.1) is 0 Å². The fraction of sp³-hybridized carbons (Fsp3) is 0.0909. The summed E-state index contributed by atoms with van der Waals surface area (Å²) < 4.78 is 1.06. The fourth-order valence-electron chi connectivity index (χ4n) is 1.15. The van der Waals surface area contributed by atoms with E-state index in [0.717, 1.165) is 20.2 Å². The van der Waals surface area contributed by atoms with E-state index in [9.17, 15) is 0 Å². The SMILES string of the molecule is NCc1ccnc(Sc2ccc(Br)cc2)n1. The second kappa shape index (κ2) is 5.43. The molecule has 0 spiro atoms. The molecule has 2 N–H and O–H groups in total. The van der Waals surface area contributed by atoms with Crippen molar-refractivity contribution in [2.45, 2.75) is 16.6 Å². The number of hydrogen-bond donors (Lipinski definition) is 1. The molecule has 82 valence electrons. The molecule has 0 atom stereocenters. The highest BCUT2D eigenvalue weighted by atomic mass is 79.9. The van der Waals surface area contributed by atoms with Crippen molar-refractivity contribution in [1.82, 2.24) is 9.97 Å². The third-order valence-corrected chi connectivity index (χ3v) is 3.34. The number of hydrogen-bond acceptors (Lipinski definition) is 4. The van der Waals surface area contributed by atoms with Crippen LogP contribution in [-0.2, 0) is 6.54 Å². The van der Waals surface area contributed by atoms with E-state index in [2.05, 4.69) is 25.9 Å². The van der Waals surface area contributed by atoms with E-state index in [1.165, 1.54) is 11.8 Å². The minimum atomic E-state index is 0.441. The number of nitrogens with zero attached hydrogens (tertiary/aromatic N) is 2. The summed E-state index contributed by atoms with van der Waals surface area (Å²) in [7, 11) is 0. The molecule has 0 aliphatic heterocycles. The normalized spacial score (nSPS) is 10.4. The summed E-state index contributed by atoms with van der Waals surface area (Å²) in [5.41, 5.74) is 6.38. The van der Waals surface area contributed by atoms with Gasteiger partial charge in [0, 0.05) is 22.1 Å². The average molecular weight is 296 g/mol. The Morgan fingerprint density at radius 2 is 1.94 bits per heavy atom. The van der Waals surface area contributed by atoms with E-state index >= 15 is 0 Å². The second-order valence-electron chi connectivity index (χ2n) is 3.09. The van der Waals surface area contributed by atoms with Crippen LogP contribution >= 0.6 is 27.7 Å². The van der Waals surface area contributed by atoms with Gasteiger partial charge in [0.2, 0.25) is 0 Å². The van der Waals surface area contributed by atoms with Crippen molar-refractivity contribution in [1.29, 1.82) is 0 Å². The standard InChI is InChI=1S/C11H10BrN3S/c12-8-1-3-10(4-2-8)16-11-14-6-5-9(7-13)15-11/h1-6H,7,13H2. The number of nitrogens with two attached hydrogens (primary N) is 1. The van der Waals surface area contributed by atoms with Crippen molar-refractivity contribution in [3.05, 3.63) is 46.7 Å². The molecule has 0 amide bonds. The summed E-state index contributed by atoms with van der Waals surface area (Å²) in [6.45, 7) is 0.441. The average Bonchev–Trinajstić information content (AvgIpc) is 2.32. The Bertz CT molecular complexity index is 473. The number of halogens is 1. The molecule has 0 unspecified atom stereocenters. The van der Waals surface area contributed by atoms with Crippen molar-refractivity contribution < 1.29 is 0 Å². The van der Waals surface area contributed by atoms with Crippen molar-refractivity contribution in [3.63, 3.8) is 0 Å². The predicted octanol–water partition coefficient (Wildman–Crippen LogP) is 2.85. The molecule has 0 saturated carbocycles. The topological polar surface area (TPSA) is 51.8 Å². The highest BCUT2D eigenvalue weighted by Gasteiger charge is 2.01. The summed E-state index contributed by atoms with van der Waals surface area (Å²) in [6, 6.07) is 9.86. The highest BCUT2D eigenvalue weighted by Crippen LogP contribution is 2.25. The minimum Gasteiger partial charge on any atom is -0.325 e. The Balaban J connectivity index is 2.16. The molecule has 0 bridgehead atoms. The van der Waals surface area contributed by atoms with Crippen molar-refractivity contribution in [3.8, 4) is 0 Å². The molecule has 2 rings (SSSR count). The Morgan fingerprint density at radius 3 is 2.62 bits per heavy atom. The fourth-order valence-corrected chi connectivity index (χ4v) is 2.17. The third kappa shape index (κ3) is 3.04. The van der Waals surface area contributed by atoms with Crippen LogP contribution in [0.1, 0.15) is 5.69 Å². The minimum absolute atomic E-state index is 0.441. The van der Waals surface area contributed by atoms with E-state index in [4.69, 9.17) is 5.73 Å². The molecule has 0 fully saturated rings. The summed E-state index contributed by atoms with van der Waals surface area (Å²) in [5.74, 6) is 0. The molecule has 1 heterocycles. The van der Waals surface area contributed by atoms with Crippen LogP contribution in [0.15, 0.2) is 51.1 Å². The van der Waals surface area contributed by atoms with Crippen LogP contribution in [0.2, 0.25) is 0 Å². The van der Waals surface area contributed by atoms with Gasteiger partial charge in [-0.3, -0.25) is 0 Å². The van der Waals surface area contributed by atoms with E-state index in [0.29, 0.717) is 6.54 Å². The van der Waals surface area contributed by atoms with E-state index in [1.807, 2.05) is 30.3 Å². The van der Waals surface area contributed by atoms with Gasteiger partial charge >= 0.3 is 0 Å². The van der Waals surface area contributed by atoms with Crippen molar-refractivity contribution in [2.75, 3.05) is 0 Å². The molecular formula is C11H10BrN3S. The molecule has 16 heavy (non-hydrogen) atoms. The Morgan fingerprint density at radius 1 is 1.19 bits per heavy atom. The van der Waals surface area contributed by atoms with Gasteiger partial charge in [-0.25, -0.2) is 9.97 Å². The van der Waals surface area contributed by atoms with E-state index < -0.39 is 0 Å². The van der Waals surface area contributed by atoms with Gasteiger partial charge in [-0.1, -0.05) is 15.9 Å². The lowest BCUT2D eigenvalue weighted by Gasteiger charge is -2.01. The molecular weight excluding hydrogens is 286 g/mol. The first-order valence-electron chi connectivity index (χ1n) is 4.73. The summed E-state index contributed by atoms with van der Waals surface area (Å²) in [5, 5.41) is 0.727. The van der Waals surface area contributed by atoms with Crippen LogP contribution < -0.4 is 5.73 Å².